The van der Waals surface area contributed by atoms with Gasteiger partial charge in [-0.2, -0.15) is 5.10 Å². The number of anilines is 1. The molecule has 0 aliphatic rings. The summed E-state index contributed by atoms with van der Waals surface area (Å²) in [4.78, 5) is 12.3. The first-order chi connectivity index (χ1) is 13.0. The van der Waals surface area contributed by atoms with Crippen LogP contribution in [0.5, 0.6) is 0 Å². The highest BCUT2D eigenvalue weighted by atomic mass is 19.1. The number of amides is 2. The summed E-state index contributed by atoms with van der Waals surface area (Å²) in [6, 6.07) is 13.1. The van der Waals surface area contributed by atoms with Gasteiger partial charge in [-0.3, -0.25) is 5.10 Å². The molecular formula is C20H21FN4O2. The predicted octanol–water partition coefficient (Wildman–Crippen LogP) is 3.33. The molecule has 0 spiro atoms. The molecule has 1 atom stereocenters. The summed E-state index contributed by atoms with van der Waals surface area (Å²) in [7, 11) is 0. The average molecular weight is 368 g/mol. The molecule has 3 aromatic rings. The fraction of sp³-hybridized carbons (Fsp3) is 0.200. The first kappa shape index (κ1) is 18.6. The summed E-state index contributed by atoms with van der Waals surface area (Å²) in [5.41, 5.74) is 1.95. The lowest BCUT2D eigenvalue weighted by Crippen LogP contribution is -2.52. The van der Waals surface area contributed by atoms with Crippen LogP contribution in [0, 0.1) is 5.82 Å². The van der Waals surface area contributed by atoms with Crippen LogP contribution in [0.25, 0.3) is 11.1 Å². The maximum Gasteiger partial charge on any atom is 0.319 e. The number of nitrogens with one attached hydrogen (secondary N) is 3. The maximum absolute atomic E-state index is 13.9. The summed E-state index contributed by atoms with van der Waals surface area (Å²) in [5, 5.41) is 21.8. The quantitative estimate of drug-likeness (QED) is 0.538. The topological polar surface area (TPSA) is 90.0 Å². The lowest BCUT2D eigenvalue weighted by Gasteiger charge is -2.29. The molecule has 27 heavy (non-hydrogen) atoms. The van der Waals surface area contributed by atoms with Crippen molar-refractivity contribution in [1.29, 1.82) is 0 Å². The number of H-pyrrole nitrogens is 1. The molecule has 3 rings (SSSR count). The number of nitrogens with zero attached hydrogens (tertiary/aromatic N) is 1. The molecule has 140 valence electrons. The van der Waals surface area contributed by atoms with Gasteiger partial charge >= 0.3 is 6.03 Å². The van der Waals surface area contributed by atoms with Gasteiger partial charge in [0.05, 0.1) is 18.3 Å². The molecule has 0 fully saturated rings. The van der Waals surface area contributed by atoms with Gasteiger partial charge in [-0.05, 0) is 36.2 Å². The first-order valence-electron chi connectivity index (χ1n) is 8.52. The number of carbonyl (C=O) groups is 1. The lowest BCUT2D eigenvalue weighted by molar-refractivity contribution is 0.174. The Hall–Kier alpha value is -3.19. The number of rotatable bonds is 6. The summed E-state index contributed by atoms with van der Waals surface area (Å²) in [6.07, 6.45) is 3.66. The van der Waals surface area contributed by atoms with E-state index in [1.807, 2.05) is 12.1 Å². The molecule has 1 aromatic heterocycles. The van der Waals surface area contributed by atoms with E-state index in [9.17, 15) is 14.3 Å². The van der Waals surface area contributed by atoms with Gasteiger partial charge in [0.15, 0.2) is 0 Å². The third-order valence-corrected chi connectivity index (χ3v) is 4.28. The first-order valence-corrected chi connectivity index (χ1v) is 8.52. The number of hydrogen-bond donors (Lipinski definition) is 4. The van der Waals surface area contributed by atoms with E-state index in [1.165, 1.54) is 6.07 Å². The van der Waals surface area contributed by atoms with Crippen LogP contribution in [0.3, 0.4) is 0 Å². The molecule has 6 nitrogen and oxygen atoms in total. The second-order valence-corrected chi connectivity index (χ2v) is 6.63. The van der Waals surface area contributed by atoms with E-state index in [-0.39, 0.29) is 18.8 Å². The minimum absolute atomic E-state index is 0.170. The Kier molecular flexibility index (Phi) is 5.52. The Balaban J connectivity index is 1.64. The number of aliphatic hydroxyl groups excluding tert-OH is 1. The highest BCUT2D eigenvalue weighted by Gasteiger charge is 2.27. The van der Waals surface area contributed by atoms with Crippen LogP contribution in [-0.2, 0) is 6.42 Å². The fourth-order valence-corrected chi connectivity index (χ4v) is 2.79. The highest BCUT2D eigenvalue weighted by molar-refractivity contribution is 5.90. The van der Waals surface area contributed by atoms with Crippen molar-refractivity contribution in [2.45, 2.75) is 18.9 Å². The zero-order valence-corrected chi connectivity index (χ0v) is 14.9. The van der Waals surface area contributed by atoms with Crippen molar-refractivity contribution < 1.29 is 14.3 Å². The third-order valence-electron chi connectivity index (χ3n) is 4.28. The lowest BCUT2D eigenvalue weighted by atomic mass is 9.93. The van der Waals surface area contributed by atoms with Gasteiger partial charge in [-0.25, -0.2) is 9.18 Å². The van der Waals surface area contributed by atoms with Crippen molar-refractivity contribution in [2.24, 2.45) is 0 Å². The second kappa shape index (κ2) is 8.01. The van der Waals surface area contributed by atoms with Gasteiger partial charge in [0, 0.05) is 23.9 Å². The Morgan fingerprint density at radius 3 is 2.56 bits per heavy atom. The normalized spacial score (nSPS) is 13.0. The summed E-state index contributed by atoms with van der Waals surface area (Å²) in [6.45, 7) is 1.34. The van der Waals surface area contributed by atoms with Crippen LogP contribution < -0.4 is 10.6 Å². The van der Waals surface area contributed by atoms with Crippen LogP contribution in [0.1, 0.15) is 12.5 Å². The maximum atomic E-state index is 13.9. The summed E-state index contributed by atoms with van der Waals surface area (Å²) < 4.78 is 13.9. The Morgan fingerprint density at radius 2 is 1.93 bits per heavy atom. The standard InChI is InChI=1S/C20H21FN4O2/c1-20(13-26,10-15-4-2-3-5-18(15)21)25-19(27)24-17-8-6-14(7-9-17)16-11-22-23-12-16/h2-9,11-12,26H,10,13H2,1H3,(H,22,23)(H2,24,25,27). The van der Waals surface area contributed by atoms with E-state index in [2.05, 4.69) is 20.8 Å². The van der Waals surface area contributed by atoms with E-state index < -0.39 is 11.6 Å². The van der Waals surface area contributed by atoms with Crippen molar-refractivity contribution in [3.05, 3.63) is 72.3 Å². The van der Waals surface area contributed by atoms with Crippen molar-refractivity contribution >= 4 is 11.7 Å². The van der Waals surface area contributed by atoms with Gasteiger partial charge in [-0.15, -0.1) is 0 Å². The van der Waals surface area contributed by atoms with E-state index in [0.717, 1.165) is 11.1 Å². The third kappa shape index (κ3) is 4.71. The van der Waals surface area contributed by atoms with Gasteiger partial charge in [-0.1, -0.05) is 30.3 Å². The van der Waals surface area contributed by atoms with Gasteiger partial charge in [0.25, 0.3) is 0 Å². The molecule has 2 amide bonds. The van der Waals surface area contributed by atoms with Gasteiger partial charge < -0.3 is 15.7 Å². The predicted molar refractivity (Wildman–Crippen MR) is 102 cm³/mol. The number of hydrogen-bond acceptors (Lipinski definition) is 3. The number of aromatic nitrogens is 2. The Labute approximate surface area is 156 Å². The number of halogens is 1. The number of aliphatic hydroxyl groups is 1. The molecule has 0 radical (unpaired) electrons. The van der Waals surface area contributed by atoms with E-state index in [1.54, 1.807) is 49.6 Å². The zero-order valence-electron chi connectivity index (χ0n) is 14.9. The fourth-order valence-electron chi connectivity index (χ4n) is 2.79. The number of aromatic amines is 1. The minimum Gasteiger partial charge on any atom is -0.394 e. The van der Waals surface area contributed by atoms with Crippen LogP contribution in [0.2, 0.25) is 0 Å². The molecule has 1 heterocycles. The van der Waals surface area contributed by atoms with Crippen molar-refractivity contribution in [2.75, 3.05) is 11.9 Å². The molecule has 0 bridgehead atoms. The molecule has 0 saturated carbocycles. The van der Waals surface area contributed by atoms with Crippen molar-refractivity contribution in [3.63, 3.8) is 0 Å². The number of benzene rings is 2. The second-order valence-electron chi connectivity index (χ2n) is 6.63. The smallest absolute Gasteiger partial charge is 0.319 e. The number of urea groups is 1. The van der Waals surface area contributed by atoms with E-state index >= 15 is 0 Å². The monoisotopic (exact) mass is 368 g/mol. The molecule has 7 heteroatoms. The molecular weight excluding hydrogens is 347 g/mol. The van der Waals surface area contributed by atoms with Gasteiger partial charge in [0.1, 0.15) is 5.82 Å². The molecule has 1 unspecified atom stereocenters. The SMILES string of the molecule is CC(CO)(Cc1ccccc1F)NC(=O)Nc1ccc(-c2cn[nH]c2)cc1. The average Bonchev–Trinajstić information content (AvgIpc) is 3.19. The van der Waals surface area contributed by atoms with Crippen LogP contribution in [0.4, 0.5) is 14.9 Å². The molecule has 2 aromatic carbocycles. The van der Waals surface area contributed by atoms with E-state index in [0.29, 0.717) is 11.3 Å². The molecule has 0 aliphatic carbocycles. The van der Waals surface area contributed by atoms with Crippen LogP contribution in [0.15, 0.2) is 60.9 Å². The van der Waals surface area contributed by atoms with Crippen LogP contribution in [-0.4, -0.2) is 33.5 Å². The molecule has 0 saturated heterocycles. The zero-order chi connectivity index (χ0) is 19.3. The summed E-state index contributed by atoms with van der Waals surface area (Å²) in [5.74, 6) is -0.366. The molecule has 4 N–H and O–H groups in total. The van der Waals surface area contributed by atoms with Crippen LogP contribution >= 0.6 is 0 Å². The van der Waals surface area contributed by atoms with Crippen molar-refractivity contribution in [1.82, 2.24) is 15.5 Å². The van der Waals surface area contributed by atoms with Gasteiger partial charge in [0.2, 0.25) is 0 Å². The highest BCUT2D eigenvalue weighted by Crippen LogP contribution is 2.20. The Bertz CT molecular complexity index is 897. The largest absolute Gasteiger partial charge is 0.394 e. The molecule has 0 aliphatic heterocycles. The Morgan fingerprint density at radius 1 is 1.19 bits per heavy atom. The minimum atomic E-state index is -0.997. The number of carbonyl (C=O) groups excluding carboxylic acids is 1. The van der Waals surface area contributed by atoms with E-state index in [4.69, 9.17) is 0 Å². The van der Waals surface area contributed by atoms with Crippen molar-refractivity contribution in [3.8, 4) is 11.1 Å². The summed E-state index contributed by atoms with van der Waals surface area (Å²) >= 11 is 0.